The van der Waals surface area contributed by atoms with E-state index >= 15 is 0 Å². The molecule has 1 aliphatic rings. The van der Waals surface area contributed by atoms with Gasteiger partial charge in [0.1, 0.15) is 11.6 Å². The summed E-state index contributed by atoms with van der Waals surface area (Å²) in [6.07, 6.45) is 5.35. The lowest BCUT2D eigenvalue weighted by Gasteiger charge is -2.28. The highest BCUT2D eigenvalue weighted by atomic mass is 35.5. The van der Waals surface area contributed by atoms with E-state index in [4.69, 9.17) is 11.6 Å². The van der Waals surface area contributed by atoms with E-state index in [-0.39, 0.29) is 5.57 Å². The number of nitriles is 1. The normalized spacial score (nSPS) is 14.6. The van der Waals surface area contributed by atoms with E-state index in [1.807, 2.05) is 37.3 Å². The van der Waals surface area contributed by atoms with Gasteiger partial charge in [0.05, 0.1) is 0 Å². The van der Waals surface area contributed by atoms with Crippen LogP contribution >= 0.6 is 11.6 Å². The van der Waals surface area contributed by atoms with Crippen molar-refractivity contribution in [3.05, 3.63) is 64.2 Å². The van der Waals surface area contributed by atoms with Gasteiger partial charge in [-0.3, -0.25) is 4.79 Å². The van der Waals surface area contributed by atoms with E-state index in [1.54, 1.807) is 24.3 Å². The number of amides is 1. The third kappa shape index (κ3) is 4.69. The third-order valence-corrected chi connectivity index (χ3v) is 5.22. The maximum Gasteiger partial charge on any atom is 0.266 e. The molecule has 0 atom stereocenters. The Morgan fingerprint density at radius 3 is 2.52 bits per heavy atom. The summed E-state index contributed by atoms with van der Waals surface area (Å²) in [7, 11) is 0. The summed E-state index contributed by atoms with van der Waals surface area (Å²) < 4.78 is 0. The van der Waals surface area contributed by atoms with Crippen molar-refractivity contribution in [2.24, 2.45) is 0 Å². The number of rotatable bonds is 4. The number of nitrogens with one attached hydrogen (secondary N) is 1. The number of halogens is 1. The predicted molar refractivity (Wildman–Crippen MR) is 111 cm³/mol. The summed E-state index contributed by atoms with van der Waals surface area (Å²) in [5, 5.41) is 12.7. The topological polar surface area (TPSA) is 56.1 Å². The molecule has 0 bridgehead atoms. The predicted octanol–water partition coefficient (Wildman–Crippen LogP) is 5.18. The largest absolute Gasteiger partial charge is 0.372 e. The molecule has 1 amide bonds. The number of nitrogens with zero attached hydrogens (tertiary/aromatic N) is 2. The van der Waals surface area contributed by atoms with Gasteiger partial charge < -0.3 is 10.2 Å². The van der Waals surface area contributed by atoms with Gasteiger partial charge in [-0.05, 0) is 67.7 Å². The fourth-order valence-corrected chi connectivity index (χ4v) is 3.36. The van der Waals surface area contributed by atoms with Gasteiger partial charge in [0.15, 0.2) is 0 Å². The van der Waals surface area contributed by atoms with Crippen molar-refractivity contribution in [3.8, 4) is 6.07 Å². The highest BCUT2D eigenvalue weighted by Gasteiger charge is 2.13. The Labute approximate surface area is 165 Å². The Kier molecular flexibility index (Phi) is 6.16. The first-order valence-electron chi connectivity index (χ1n) is 9.12. The average molecular weight is 380 g/mol. The van der Waals surface area contributed by atoms with E-state index in [2.05, 4.69) is 10.2 Å². The van der Waals surface area contributed by atoms with Crippen LogP contribution < -0.4 is 10.2 Å². The molecular formula is C22H22ClN3O. The molecule has 1 fully saturated rings. The Morgan fingerprint density at radius 2 is 1.85 bits per heavy atom. The molecule has 3 rings (SSSR count). The van der Waals surface area contributed by atoms with Crippen molar-refractivity contribution in [1.29, 1.82) is 5.26 Å². The van der Waals surface area contributed by atoms with Gasteiger partial charge in [0.2, 0.25) is 0 Å². The number of benzene rings is 2. The third-order valence-electron chi connectivity index (χ3n) is 4.81. The molecule has 0 aromatic heterocycles. The quantitative estimate of drug-likeness (QED) is 0.587. The van der Waals surface area contributed by atoms with Crippen LogP contribution in [0.15, 0.2) is 48.0 Å². The minimum atomic E-state index is -0.442. The molecule has 138 valence electrons. The SMILES string of the molecule is Cc1c(Cl)cccc1NC(=O)C(C#N)=Cc1ccc(N2CCCCC2)cc1. The zero-order valence-corrected chi connectivity index (χ0v) is 16.1. The summed E-state index contributed by atoms with van der Waals surface area (Å²) in [6, 6.07) is 15.3. The van der Waals surface area contributed by atoms with Crippen LogP contribution in [0.1, 0.15) is 30.4 Å². The van der Waals surface area contributed by atoms with E-state index in [9.17, 15) is 10.1 Å². The van der Waals surface area contributed by atoms with Crippen LogP contribution in [0.5, 0.6) is 0 Å². The molecule has 1 heterocycles. The van der Waals surface area contributed by atoms with Gasteiger partial charge in [0.25, 0.3) is 5.91 Å². The lowest BCUT2D eigenvalue weighted by atomic mass is 10.1. The zero-order chi connectivity index (χ0) is 19.2. The maximum absolute atomic E-state index is 12.5. The molecule has 27 heavy (non-hydrogen) atoms. The van der Waals surface area contributed by atoms with Crippen LogP contribution in [0, 0.1) is 18.3 Å². The van der Waals surface area contributed by atoms with Crippen molar-refractivity contribution < 1.29 is 4.79 Å². The van der Waals surface area contributed by atoms with Gasteiger partial charge in [-0.25, -0.2) is 0 Å². The Bertz CT molecular complexity index is 891. The Balaban J connectivity index is 1.74. The van der Waals surface area contributed by atoms with Gasteiger partial charge >= 0.3 is 0 Å². The van der Waals surface area contributed by atoms with E-state index in [0.29, 0.717) is 10.7 Å². The number of carbonyl (C=O) groups is 1. The lowest BCUT2D eigenvalue weighted by Crippen LogP contribution is -2.29. The van der Waals surface area contributed by atoms with Gasteiger partial charge in [-0.1, -0.05) is 29.8 Å². The minimum Gasteiger partial charge on any atom is -0.372 e. The second-order valence-corrected chi connectivity index (χ2v) is 7.08. The van der Waals surface area contributed by atoms with Gasteiger partial charge in [0, 0.05) is 29.5 Å². The molecule has 0 saturated carbocycles. The summed E-state index contributed by atoms with van der Waals surface area (Å²) in [4.78, 5) is 14.8. The van der Waals surface area contributed by atoms with Crippen molar-refractivity contribution in [2.45, 2.75) is 26.2 Å². The zero-order valence-electron chi connectivity index (χ0n) is 15.3. The van der Waals surface area contributed by atoms with Crippen LogP contribution in [-0.2, 0) is 4.79 Å². The van der Waals surface area contributed by atoms with E-state index < -0.39 is 5.91 Å². The van der Waals surface area contributed by atoms with Crippen LogP contribution in [0.25, 0.3) is 6.08 Å². The fraction of sp³-hybridized carbons (Fsp3) is 0.273. The molecule has 1 saturated heterocycles. The number of carbonyl (C=O) groups excluding carboxylic acids is 1. The molecule has 0 aliphatic carbocycles. The molecular weight excluding hydrogens is 358 g/mol. The molecule has 5 heteroatoms. The summed E-state index contributed by atoms with van der Waals surface area (Å²) in [6.45, 7) is 3.99. The summed E-state index contributed by atoms with van der Waals surface area (Å²) >= 11 is 6.08. The first-order valence-corrected chi connectivity index (χ1v) is 9.49. The highest BCUT2D eigenvalue weighted by Crippen LogP contribution is 2.24. The molecule has 0 unspecified atom stereocenters. The highest BCUT2D eigenvalue weighted by molar-refractivity contribution is 6.31. The fourth-order valence-electron chi connectivity index (χ4n) is 3.18. The van der Waals surface area contributed by atoms with E-state index in [0.717, 1.165) is 24.2 Å². The van der Waals surface area contributed by atoms with Crippen LogP contribution in [-0.4, -0.2) is 19.0 Å². The van der Waals surface area contributed by atoms with E-state index in [1.165, 1.54) is 24.9 Å². The maximum atomic E-state index is 12.5. The van der Waals surface area contributed by atoms with Crippen LogP contribution in [0.4, 0.5) is 11.4 Å². The van der Waals surface area contributed by atoms with Crippen molar-refractivity contribution in [1.82, 2.24) is 0 Å². The number of hydrogen-bond acceptors (Lipinski definition) is 3. The molecule has 2 aromatic carbocycles. The molecule has 0 spiro atoms. The summed E-state index contributed by atoms with van der Waals surface area (Å²) in [5.41, 5.74) is 3.44. The Hall–Kier alpha value is -2.77. The molecule has 4 nitrogen and oxygen atoms in total. The monoisotopic (exact) mass is 379 g/mol. The number of hydrogen-bond donors (Lipinski definition) is 1. The molecule has 0 radical (unpaired) electrons. The molecule has 1 aliphatic heterocycles. The second kappa shape index (κ2) is 8.75. The van der Waals surface area contributed by atoms with Gasteiger partial charge in [-0.2, -0.15) is 5.26 Å². The number of anilines is 2. The lowest BCUT2D eigenvalue weighted by molar-refractivity contribution is -0.112. The van der Waals surface area contributed by atoms with Crippen LogP contribution in [0.2, 0.25) is 5.02 Å². The van der Waals surface area contributed by atoms with Crippen molar-refractivity contribution in [3.63, 3.8) is 0 Å². The van der Waals surface area contributed by atoms with Crippen LogP contribution in [0.3, 0.4) is 0 Å². The molecule has 2 aromatic rings. The van der Waals surface area contributed by atoms with Crippen molar-refractivity contribution in [2.75, 3.05) is 23.3 Å². The molecule has 1 N–H and O–H groups in total. The Morgan fingerprint density at radius 1 is 1.15 bits per heavy atom. The summed E-state index contributed by atoms with van der Waals surface area (Å²) in [5.74, 6) is -0.442. The van der Waals surface area contributed by atoms with Gasteiger partial charge in [-0.15, -0.1) is 0 Å². The van der Waals surface area contributed by atoms with Crippen molar-refractivity contribution >= 4 is 35.0 Å². The first kappa shape index (κ1) is 19.0. The minimum absolute atomic E-state index is 0.0556. The standard InChI is InChI=1S/C22H22ClN3O/c1-16-20(23)6-5-7-21(16)25-22(27)18(15-24)14-17-8-10-19(11-9-17)26-12-3-2-4-13-26/h5-11,14H,2-4,12-13H2,1H3,(H,25,27). The number of piperidine rings is 1. The first-order chi connectivity index (χ1) is 13.1. The second-order valence-electron chi connectivity index (χ2n) is 6.68. The average Bonchev–Trinajstić information content (AvgIpc) is 2.70. The smallest absolute Gasteiger partial charge is 0.266 e.